The Morgan fingerprint density at radius 2 is 1.74 bits per heavy atom. The number of halogens is 2. The van der Waals surface area contributed by atoms with Crippen molar-refractivity contribution in [1.82, 2.24) is 4.90 Å². The molecule has 7 heteroatoms. The van der Waals surface area contributed by atoms with Gasteiger partial charge >= 0.3 is 0 Å². The lowest BCUT2D eigenvalue weighted by atomic mass is 10.1. The zero-order chi connectivity index (χ0) is 19.6. The summed E-state index contributed by atoms with van der Waals surface area (Å²) in [5, 5.41) is 2.99. The highest BCUT2D eigenvalue weighted by Gasteiger charge is 2.24. The first-order chi connectivity index (χ1) is 12.9. The number of aryl methyl sites for hydroxylation is 1. The van der Waals surface area contributed by atoms with Crippen LogP contribution in [0.4, 0.5) is 14.5 Å². The highest BCUT2D eigenvalue weighted by Crippen LogP contribution is 2.26. The van der Waals surface area contributed by atoms with Crippen LogP contribution in [0.25, 0.3) is 11.0 Å². The topological polar surface area (TPSA) is 62.6 Å². The molecule has 0 aliphatic heterocycles. The Labute approximate surface area is 154 Å². The highest BCUT2D eigenvalue weighted by atomic mass is 19.1. The van der Waals surface area contributed by atoms with E-state index in [4.69, 9.17) is 4.42 Å². The number of hydrogen-bond acceptors (Lipinski definition) is 3. The van der Waals surface area contributed by atoms with Crippen molar-refractivity contribution in [3.8, 4) is 0 Å². The standard InChI is InChI=1S/C20H18F2N2O3/c1-3-24(11-17(25)23-18-14(21)8-6-9-15(18)22)20(26)19-12(2)13-7-4-5-10-16(13)27-19/h4-10H,3,11H2,1-2H3,(H,23,25). The van der Waals surface area contributed by atoms with E-state index in [0.717, 1.165) is 17.5 Å². The van der Waals surface area contributed by atoms with Crippen molar-refractivity contribution >= 4 is 28.5 Å². The van der Waals surface area contributed by atoms with E-state index in [-0.39, 0.29) is 18.8 Å². The molecule has 1 heterocycles. The van der Waals surface area contributed by atoms with Crippen LogP contribution in [0, 0.1) is 18.6 Å². The van der Waals surface area contributed by atoms with Crippen molar-refractivity contribution < 1.29 is 22.8 Å². The number of hydrogen-bond donors (Lipinski definition) is 1. The summed E-state index contributed by atoms with van der Waals surface area (Å²) in [4.78, 5) is 26.3. The van der Waals surface area contributed by atoms with Crippen LogP contribution in [0.1, 0.15) is 23.0 Å². The van der Waals surface area contributed by atoms with Crippen molar-refractivity contribution in [2.75, 3.05) is 18.4 Å². The van der Waals surface area contributed by atoms with Crippen LogP contribution in [0.5, 0.6) is 0 Å². The first-order valence-corrected chi connectivity index (χ1v) is 8.43. The zero-order valence-electron chi connectivity index (χ0n) is 14.9. The second kappa shape index (κ2) is 7.57. The summed E-state index contributed by atoms with van der Waals surface area (Å²) < 4.78 is 33.0. The van der Waals surface area contributed by atoms with Crippen molar-refractivity contribution in [3.05, 3.63) is 65.4 Å². The number of fused-ring (bicyclic) bond motifs is 1. The number of nitrogens with one attached hydrogen (secondary N) is 1. The Morgan fingerprint density at radius 3 is 2.37 bits per heavy atom. The fourth-order valence-electron chi connectivity index (χ4n) is 2.82. The van der Waals surface area contributed by atoms with Crippen LogP contribution in [0.3, 0.4) is 0 Å². The average molecular weight is 372 g/mol. The molecule has 3 aromatic rings. The first-order valence-electron chi connectivity index (χ1n) is 8.43. The third kappa shape index (κ3) is 3.67. The largest absolute Gasteiger partial charge is 0.451 e. The number of likely N-dealkylation sites (N-methyl/N-ethyl adjacent to an activating group) is 1. The zero-order valence-corrected chi connectivity index (χ0v) is 14.9. The fraction of sp³-hybridized carbons (Fsp3) is 0.200. The molecule has 3 rings (SSSR count). The Kier molecular flexibility index (Phi) is 5.21. The molecule has 0 atom stereocenters. The van der Waals surface area contributed by atoms with Gasteiger partial charge in [-0.1, -0.05) is 24.3 Å². The molecule has 0 saturated carbocycles. The summed E-state index contributed by atoms with van der Waals surface area (Å²) in [5.74, 6) is -2.79. The number of amides is 2. The van der Waals surface area contributed by atoms with E-state index in [1.165, 1.54) is 11.0 Å². The number of carbonyl (C=O) groups excluding carboxylic acids is 2. The second-order valence-corrected chi connectivity index (χ2v) is 6.02. The number of furan rings is 1. The van der Waals surface area contributed by atoms with Crippen molar-refractivity contribution in [2.24, 2.45) is 0 Å². The number of benzene rings is 2. The van der Waals surface area contributed by atoms with Crippen molar-refractivity contribution in [1.29, 1.82) is 0 Å². The number of rotatable bonds is 5. The summed E-state index contributed by atoms with van der Waals surface area (Å²) in [6.45, 7) is 3.33. The van der Waals surface area contributed by atoms with Gasteiger partial charge in [-0.2, -0.15) is 0 Å². The van der Waals surface area contributed by atoms with E-state index < -0.39 is 29.1 Å². The maximum absolute atomic E-state index is 13.7. The number of para-hydroxylation sites is 2. The minimum absolute atomic E-state index is 0.142. The monoisotopic (exact) mass is 372 g/mol. The van der Waals surface area contributed by atoms with E-state index in [2.05, 4.69) is 5.32 Å². The lowest BCUT2D eigenvalue weighted by Crippen LogP contribution is -2.38. The highest BCUT2D eigenvalue weighted by molar-refractivity contribution is 6.01. The molecule has 0 spiro atoms. The van der Waals surface area contributed by atoms with Crippen LogP contribution in [0.15, 0.2) is 46.9 Å². The molecular weight excluding hydrogens is 354 g/mol. The summed E-state index contributed by atoms with van der Waals surface area (Å²) in [5.41, 5.74) is 0.716. The lowest BCUT2D eigenvalue weighted by Gasteiger charge is -2.19. The van der Waals surface area contributed by atoms with E-state index >= 15 is 0 Å². The Bertz CT molecular complexity index is 993. The minimum atomic E-state index is -0.883. The van der Waals surface area contributed by atoms with Crippen LogP contribution < -0.4 is 5.32 Å². The fourth-order valence-corrected chi connectivity index (χ4v) is 2.82. The maximum atomic E-state index is 13.7. The minimum Gasteiger partial charge on any atom is -0.451 e. The molecule has 0 unspecified atom stereocenters. The normalized spacial score (nSPS) is 10.8. The predicted molar refractivity (Wildman–Crippen MR) is 97.5 cm³/mol. The Hall–Kier alpha value is -3.22. The Morgan fingerprint density at radius 1 is 1.07 bits per heavy atom. The van der Waals surface area contributed by atoms with Crippen LogP contribution in [-0.2, 0) is 4.79 Å². The molecule has 2 aromatic carbocycles. The van der Waals surface area contributed by atoms with Crippen LogP contribution >= 0.6 is 0 Å². The number of nitrogens with zero attached hydrogens (tertiary/aromatic N) is 1. The third-order valence-electron chi connectivity index (χ3n) is 4.27. The molecule has 0 radical (unpaired) electrons. The summed E-state index contributed by atoms with van der Waals surface area (Å²) in [6.07, 6.45) is 0. The third-order valence-corrected chi connectivity index (χ3v) is 4.27. The van der Waals surface area contributed by atoms with Gasteiger partial charge in [-0.15, -0.1) is 0 Å². The SMILES string of the molecule is CCN(CC(=O)Nc1c(F)cccc1F)C(=O)c1oc2ccccc2c1C. The van der Waals surface area contributed by atoms with E-state index in [1.807, 2.05) is 12.1 Å². The summed E-state index contributed by atoms with van der Waals surface area (Å²) >= 11 is 0. The molecule has 0 saturated heterocycles. The molecule has 140 valence electrons. The van der Waals surface area contributed by atoms with Gasteiger partial charge in [-0.3, -0.25) is 9.59 Å². The van der Waals surface area contributed by atoms with Crippen molar-refractivity contribution in [3.63, 3.8) is 0 Å². The van der Waals surface area contributed by atoms with Gasteiger partial charge in [-0.05, 0) is 32.0 Å². The van der Waals surface area contributed by atoms with E-state index in [9.17, 15) is 18.4 Å². The van der Waals surface area contributed by atoms with Gasteiger partial charge in [0.05, 0.1) is 0 Å². The van der Waals surface area contributed by atoms with Gasteiger partial charge < -0.3 is 14.6 Å². The molecule has 27 heavy (non-hydrogen) atoms. The van der Waals surface area contributed by atoms with Crippen molar-refractivity contribution in [2.45, 2.75) is 13.8 Å². The first kappa shape index (κ1) is 18.6. The van der Waals surface area contributed by atoms with Crippen LogP contribution in [0.2, 0.25) is 0 Å². The van der Waals surface area contributed by atoms with Gasteiger partial charge in [0.1, 0.15) is 29.4 Å². The Balaban J connectivity index is 1.79. The molecule has 5 nitrogen and oxygen atoms in total. The van der Waals surface area contributed by atoms with Crippen LogP contribution in [-0.4, -0.2) is 29.8 Å². The van der Waals surface area contributed by atoms with E-state index in [0.29, 0.717) is 11.1 Å². The quantitative estimate of drug-likeness (QED) is 0.733. The molecule has 2 amide bonds. The van der Waals surface area contributed by atoms with Gasteiger partial charge in [0.25, 0.3) is 5.91 Å². The molecule has 0 bridgehead atoms. The lowest BCUT2D eigenvalue weighted by molar-refractivity contribution is -0.116. The number of carbonyl (C=O) groups is 2. The second-order valence-electron chi connectivity index (χ2n) is 6.02. The molecular formula is C20H18F2N2O3. The molecule has 0 fully saturated rings. The molecule has 1 aromatic heterocycles. The predicted octanol–water partition coefficient (Wildman–Crippen LogP) is 4.12. The van der Waals surface area contributed by atoms with Gasteiger partial charge in [-0.25, -0.2) is 8.78 Å². The molecule has 1 N–H and O–H groups in total. The van der Waals surface area contributed by atoms with E-state index in [1.54, 1.807) is 26.0 Å². The summed E-state index contributed by atoms with van der Waals surface area (Å²) in [6, 6.07) is 10.5. The molecule has 0 aliphatic rings. The molecule has 0 aliphatic carbocycles. The maximum Gasteiger partial charge on any atom is 0.290 e. The van der Waals surface area contributed by atoms with Gasteiger partial charge in [0, 0.05) is 17.5 Å². The smallest absolute Gasteiger partial charge is 0.290 e. The summed E-state index contributed by atoms with van der Waals surface area (Å²) in [7, 11) is 0. The number of anilines is 1. The average Bonchev–Trinajstić information content (AvgIpc) is 2.99. The van der Waals surface area contributed by atoms with Gasteiger partial charge in [0.15, 0.2) is 5.76 Å². The van der Waals surface area contributed by atoms with Gasteiger partial charge in [0.2, 0.25) is 5.91 Å².